The molecular weight excluding hydrogens is 386 g/mol. The molecule has 154 valence electrons. The lowest BCUT2D eigenvalue weighted by Gasteiger charge is -2.31. The second-order valence-electron chi connectivity index (χ2n) is 7.99. The van der Waals surface area contributed by atoms with Crippen molar-refractivity contribution in [1.29, 1.82) is 0 Å². The van der Waals surface area contributed by atoms with E-state index in [9.17, 15) is 13.2 Å². The highest BCUT2D eigenvalue weighted by molar-refractivity contribution is 7.89. The van der Waals surface area contributed by atoms with Crippen LogP contribution in [0.1, 0.15) is 42.5 Å². The maximum Gasteiger partial charge on any atom is 0.243 e. The number of hydrogen-bond acceptors (Lipinski definition) is 4. The molecule has 2 heterocycles. The maximum absolute atomic E-state index is 13.2. The number of fused-ring (bicyclic) bond motifs is 1. The van der Waals surface area contributed by atoms with Gasteiger partial charge in [0.25, 0.3) is 0 Å². The molecular formula is C22H27N3O3S. The summed E-state index contributed by atoms with van der Waals surface area (Å²) in [5.41, 5.74) is 3.23. The third-order valence-corrected chi connectivity index (χ3v) is 7.71. The average Bonchev–Trinajstić information content (AvgIpc) is 2.73. The first-order valence-corrected chi connectivity index (χ1v) is 11.7. The van der Waals surface area contributed by atoms with Crippen LogP contribution >= 0.6 is 0 Å². The highest BCUT2D eigenvalue weighted by Gasteiger charge is 2.33. The van der Waals surface area contributed by atoms with Gasteiger partial charge in [-0.05, 0) is 80.8 Å². The predicted molar refractivity (Wildman–Crippen MR) is 112 cm³/mol. The zero-order chi connectivity index (χ0) is 20.4. The number of carbonyl (C=O) groups is 1. The van der Waals surface area contributed by atoms with Crippen LogP contribution in [0.15, 0.2) is 41.3 Å². The number of hydrogen-bond donors (Lipinski definition) is 1. The van der Waals surface area contributed by atoms with Gasteiger partial charge in [-0.15, -0.1) is 0 Å². The molecule has 0 spiro atoms. The van der Waals surface area contributed by atoms with Gasteiger partial charge in [-0.1, -0.05) is 12.1 Å². The zero-order valence-electron chi connectivity index (χ0n) is 16.7. The monoisotopic (exact) mass is 413 g/mol. The van der Waals surface area contributed by atoms with E-state index in [2.05, 4.69) is 10.3 Å². The van der Waals surface area contributed by atoms with Gasteiger partial charge in [0.05, 0.1) is 10.8 Å². The summed E-state index contributed by atoms with van der Waals surface area (Å²) < 4.78 is 27.9. The van der Waals surface area contributed by atoms with E-state index in [4.69, 9.17) is 0 Å². The van der Waals surface area contributed by atoms with Crippen molar-refractivity contribution in [3.8, 4) is 0 Å². The molecule has 1 aliphatic carbocycles. The Morgan fingerprint density at radius 1 is 1.10 bits per heavy atom. The molecule has 1 saturated heterocycles. The van der Waals surface area contributed by atoms with Gasteiger partial charge in [-0.2, -0.15) is 4.31 Å². The van der Waals surface area contributed by atoms with Gasteiger partial charge in [0.1, 0.15) is 5.82 Å². The minimum Gasteiger partial charge on any atom is -0.310 e. The molecule has 0 unspecified atom stereocenters. The van der Waals surface area contributed by atoms with Gasteiger partial charge < -0.3 is 5.32 Å². The summed E-state index contributed by atoms with van der Waals surface area (Å²) in [6, 6.07) is 11.0. The Kier molecular flexibility index (Phi) is 5.69. The Balaban J connectivity index is 1.49. The van der Waals surface area contributed by atoms with Crippen LogP contribution in [0.5, 0.6) is 0 Å². The van der Waals surface area contributed by atoms with Crippen molar-refractivity contribution >= 4 is 21.7 Å². The number of aromatic nitrogens is 1. The summed E-state index contributed by atoms with van der Waals surface area (Å²) in [6.07, 6.45) is 5.58. The Hall–Kier alpha value is -2.25. The molecule has 2 aliphatic rings. The van der Waals surface area contributed by atoms with Crippen molar-refractivity contribution in [3.63, 3.8) is 0 Å². The number of sulfonamides is 1. The minimum atomic E-state index is -3.60. The number of piperidine rings is 1. The van der Waals surface area contributed by atoms with E-state index in [0.717, 1.165) is 36.9 Å². The van der Waals surface area contributed by atoms with E-state index in [1.165, 1.54) is 9.87 Å². The van der Waals surface area contributed by atoms with Crippen molar-refractivity contribution in [2.45, 2.75) is 50.3 Å². The van der Waals surface area contributed by atoms with Crippen LogP contribution in [0, 0.1) is 12.8 Å². The fourth-order valence-corrected chi connectivity index (χ4v) is 5.81. The van der Waals surface area contributed by atoms with E-state index in [-0.39, 0.29) is 18.4 Å². The van der Waals surface area contributed by atoms with Crippen molar-refractivity contribution < 1.29 is 13.2 Å². The lowest BCUT2D eigenvalue weighted by molar-refractivity contribution is -0.120. The highest BCUT2D eigenvalue weighted by atomic mass is 32.2. The fourth-order valence-electron chi connectivity index (χ4n) is 4.24. The third-order valence-electron chi connectivity index (χ3n) is 5.85. The van der Waals surface area contributed by atoms with Gasteiger partial charge in [0, 0.05) is 18.8 Å². The molecule has 29 heavy (non-hydrogen) atoms. The quantitative estimate of drug-likeness (QED) is 0.834. The second-order valence-corrected chi connectivity index (χ2v) is 9.93. The summed E-state index contributed by atoms with van der Waals surface area (Å²) in [5.74, 6) is -0.0448. The van der Waals surface area contributed by atoms with Crippen LogP contribution < -0.4 is 5.32 Å². The van der Waals surface area contributed by atoms with Crippen LogP contribution in [-0.4, -0.2) is 36.7 Å². The van der Waals surface area contributed by atoms with Gasteiger partial charge in [-0.25, -0.2) is 13.4 Å². The SMILES string of the molecule is Cc1cccc(NC(=O)[C@@H]2CCCN(S(=O)(=O)c3ccc4c(c3)CCCC4)C2)n1. The number of aryl methyl sites for hydroxylation is 3. The molecule has 7 heteroatoms. The summed E-state index contributed by atoms with van der Waals surface area (Å²) >= 11 is 0. The van der Waals surface area contributed by atoms with Crippen LogP contribution in [0.25, 0.3) is 0 Å². The second kappa shape index (κ2) is 8.24. The van der Waals surface area contributed by atoms with Gasteiger partial charge in [0.2, 0.25) is 15.9 Å². The van der Waals surface area contributed by atoms with Crippen LogP contribution in [0.2, 0.25) is 0 Å². The van der Waals surface area contributed by atoms with Crippen LogP contribution in [-0.2, 0) is 27.7 Å². The molecule has 1 aliphatic heterocycles. The number of rotatable bonds is 4. The topological polar surface area (TPSA) is 79.4 Å². The predicted octanol–water partition coefficient (Wildman–Crippen LogP) is 3.31. The Bertz CT molecular complexity index is 1020. The van der Waals surface area contributed by atoms with E-state index >= 15 is 0 Å². The third kappa shape index (κ3) is 4.36. The fraction of sp³-hybridized carbons (Fsp3) is 0.455. The number of pyridine rings is 1. The lowest BCUT2D eigenvalue weighted by atomic mass is 9.92. The number of carbonyl (C=O) groups excluding carboxylic acids is 1. The largest absolute Gasteiger partial charge is 0.310 e. The van der Waals surface area contributed by atoms with E-state index in [1.54, 1.807) is 12.1 Å². The number of nitrogens with zero attached hydrogens (tertiary/aromatic N) is 2. The van der Waals surface area contributed by atoms with E-state index in [0.29, 0.717) is 30.1 Å². The average molecular weight is 414 g/mol. The van der Waals surface area contributed by atoms with Gasteiger partial charge in [0.15, 0.2) is 0 Å². The molecule has 4 rings (SSSR count). The first kappa shape index (κ1) is 20.0. The lowest BCUT2D eigenvalue weighted by Crippen LogP contribution is -2.43. The molecule has 1 atom stereocenters. The molecule has 6 nitrogen and oxygen atoms in total. The Morgan fingerprint density at radius 3 is 2.69 bits per heavy atom. The number of benzene rings is 1. The van der Waals surface area contributed by atoms with Crippen molar-refractivity contribution in [3.05, 3.63) is 53.2 Å². The van der Waals surface area contributed by atoms with Crippen molar-refractivity contribution in [1.82, 2.24) is 9.29 Å². The first-order chi connectivity index (χ1) is 13.9. The van der Waals surface area contributed by atoms with Gasteiger partial charge in [-0.3, -0.25) is 4.79 Å². The summed E-state index contributed by atoms with van der Waals surface area (Å²) in [7, 11) is -3.60. The molecule has 0 saturated carbocycles. The molecule has 0 bridgehead atoms. The van der Waals surface area contributed by atoms with Gasteiger partial charge >= 0.3 is 0 Å². The van der Waals surface area contributed by atoms with Crippen LogP contribution in [0.3, 0.4) is 0 Å². The maximum atomic E-state index is 13.2. The highest BCUT2D eigenvalue weighted by Crippen LogP contribution is 2.28. The smallest absolute Gasteiger partial charge is 0.243 e. The van der Waals surface area contributed by atoms with Crippen molar-refractivity contribution in [2.75, 3.05) is 18.4 Å². The molecule has 1 amide bonds. The summed E-state index contributed by atoms with van der Waals surface area (Å²) in [4.78, 5) is 17.4. The standard InChI is InChI=1S/C22H27N3O3S/c1-16-6-4-10-21(23-16)24-22(26)19-9-5-13-25(15-19)29(27,28)20-12-11-17-7-2-3-8-18(17)14-20/h4,6,10-12,14,19H,2-3,5,7-9,13,15H2,1H3,(H,23,24,26)/t19-/m1/s1. The Labute approximate surface area is 172 Å². The van der Waals surface area contributed by atoms with E-state index in [1.807, 2.05) is 31.2 Å². The molecule has 1 N–H and O–H groups in total. The number of amides is 1. The normalized spacial score (nSPS) is 20.1. The van der Waals surface area contributed by atoms with Crippen LogP contribution in [0.4, 0.5) is 5.82 Å². The van der Waals surface area contributed by atoms with Crippen molar-refractivity contribution in [2.24, 2.45) is 5.92 Å². The molecule has 1 fully saturated rings. The molecule has 0 radical (unpaired) electrons. The van der Waals surface area contributed by atoms with E-state index < -0.39 is 10.0 Å². The Morgan fingerprint density at radius 2 is 1.90 bits per heavy atom. The number of anilines is 1. The summed E-state index contributed by atoms with van der Waals surface area (Å²) in [5, 5.41) is 2.83. The summed E-state index contributed by atoms with van der Waals surface area (Å²) in [6.45, 7) is 2.52. The molecule has 2 aromatic rings. The molecule has 1 aromatic carbocycles. The zero-order valence-corrected chi connectivity index (χ0v) is 17.5. The first-order valence-electron chi connectivity index (χ1n) is 10.3. The molecule has 1 aromatic heterocycles. The number of nitrogens with one attached hydrogen (secondary N) is 1. The minimum absolute atomic E-state index is 0.173.